The van der Waals surface area contributed by atoms with Crippen LogP contribution in [0.1, 0.15) is 11.1 Å². The first-order valence-electron chi connectivity index (χ1n) is 5.95. The lowest BCUT2D eigenvalue weighted by atomic mass is 10.2. The molecule has 0 spiro atoms. The summed E-state index contributed by atoms with van der Waals surface area (Å²) in [6.07, 6.45) is 0. The molecule has 20 heavy (non-hydrogen) atoms. The second kappa shape index (κ2) is 6.34. The Morgan fingerprint density at radius 3 is 2.70 bits per heavy atom. The van der Waals surface area contributed by atoms with Crippen molar-refractivity contribution in [2.75, 3.05) is 7.11 Å². The molecule has 0 atom stereocenters. The van der Waals surface area contributed by atoms with Crippen molar-refractivity contribution in [3.63, 3.8) is 0 Å². The fraction of sp³-hybridized carbons (Fsp3) is 0.133. The SMILES string of the molecule is COc1ccc(COc2cccc(C(N)=S)c2)cc1F. The van der Waals surface area contributed by atoms with Gasteiger partial charge in [-0.3, -0.25) is 0 Å². The molecular formula is C15H14FNO2S. The average molecular weight is 291 g/mol. The number of hydrogen-bond donors (Lipinski definition) is 1. The van der Waals surface area contributed by atoms with Gasteiger partial charge in [-0.25, -0.2) is 4.39 Å². The minimum atomic E-state index is -0.412. The maximum atomic E-state index is 13.5. The van der Waals surface area contributed by atoms with Crippen LogP contribution in [0.3, 0.4) is 0 Å². The van der Waals surface area contributed by atoms with Crippen LogP contribution in [0.25, 0.3) is 0 Å². The third-order valence-electron chi connectivity index (χ3n) is 2.74. The molecule has 2 aromatic carbocycles. The van der Waals surface area contributed by atoms with E-state index in [1.165, 1.54) is 13.2 Å². The first kappa shape index (κ1) is 14.3. The van der Waals surface area contributed by atoms with Crippen molar-refractivity contribution in [3.8, 4) is 11.5 Å². The van der Waals surface area contributed by atoms with Crippen LogP contribution in [0, 0.1) is 5.82 Å². The summed E-state index contributed by atoms with van der Waals surface area (Å²) in [4.78, 5) is 0.311. The highest BCUT2D eigenvalue weighted by Gasteiger charge is 2.05. The second-order valence-corrected chi connectivity index (χ2v) is 4.59. The first-order valence-corrected chi connectivity index (χ1v) is 6.36. The Kier molecular flexibility index (Phi) is 4.53. The molecule has 0 aliphatic rings. The molecule has 0 saturated heterocycles. The number of ether oxygens (including phenoxy) is 2. The maximum absolute atomic E-state index is 13.5. The van der Waals surface area contributed by atoms with Crippen LogP contribution < -0.4 is 15.2 Å². The van der Waals surface area contributed by atoms with Gasteiger partial charge in [0, 0.05) is 5.56 Å². The van der Waals surface area contributed by atoms with E-state index in [0.29, 0.717) is 16.3 Å². The summed E-state index contributed by atoms with van der Waals surface area (Å²) in [5.74, 6) is 0.432. The molecule has 0 amide bonds. The first-order chi connectivity index (χ1) is 9.60. The molecule has 0 aliphatic carbocycles. The molecule has 0 bridgehead atoms. The minimum absolute atomic E-state index is 0.212. The minimum Gasteiger partial charge on any atom is -0.494 e. The van der Waals surface area contributed by atoms with E-state index in [0.717, 1.165) is 5.56 Å². The van der Waals surface area contributed by atoms with Crippen molar-refractivity contribution in [1.82, 2.24) is 0 Å². The number of thiocarbonyl (C=S) groups is 1. The quantitative estimate of drug-likeness (QED) is 0.860. The standard InChI is InChI=1S/C15H14FNO2S/c1-18-14-6-5-10(7-13(14)16)9-19-12-4-2-3-11(8-12)15(17)20/h2-8H,9H2,1H3,(H2,17,20). The van der Waals surface area contributed by atoms with Gasteiger partial charge in [-0.15, -0.1) is 0 Å². The van der Waals surface area contributed by atoms with E-state index in [9.17, 15) is 4.39 Å². The van der Waals surface area contributed by atoms with Crippen molar-refractivity contribution in [1.29, 1.82) is 0 Å². The van der Waals surface area contributed by atoms with Crippen LogP contribution in [0.2, 0.25) is 0 Å². The Labute approximate surface area is 122 Å². The summed E-state index contributed by atoms with van der Waals surface area (Å²) >= 11 is 4.90. The Morgan fingerprint density at radius 1 is 1.25 bits per heavy atom. The fourth-order valence-electron chi connectivity index (χ4n) is 1.71. The Balaban J connectivity index is 2.07. The molecule has 2 rings (SSSR count). The largest absolute Gasteiger partial charge is 0.494 e. The van der Waals surface area contributed by atoms with Crippen LogP contribution in [0.15, 0.2) is 42.5 Å². The van der Waals surface area contributed by atoms with E-state index in [4.69, 9.17) is 27.4 Å². The highest BCUT2D eigenvalue weighted by Crippen LogP contribution is 2.20. The van der Waals surface area contributed by atoms with Crippen molar-refractivity contribution >= 4 is 17.2 Å². The molecule has 3 nitrogen and oxygen atoms in total. The Bertz CT molecular complexity index is 631. The smallest absolute Gasteiger partial charge is 0.165 e. The summed E-state index contributed by atoms with van der Waals surface area (Å²) < 4.78 is 24.0. The van der Waals surface area contributed by atoms with Crippen LogP contribution in [0.5, 0.6) is 11.5 Å². The highest BCUT2D eigenvalue weighted by atomic mass is 32.1. The van der Waals surface area contributed by atoms with E-state index in [1.54, 1.807) is 30.3 Å². The van der Waals surface area contributed by atoms with Crippen LogP contribution in [-0.4, -0.2) is 12.1 Å². The van der Waals surface area contributed by atoms with E-state index in [1.807, 2.05) is 6.07 Å². The van der Waals surface area contributed by atoms with Gasteiger partial charge < -0.3 is 15.2 Å². The Morgan fingerprint density at radius 2 is 2.05 bits per heavy atom. The van der Waals surface area contributed by atoms with Gasteiger partial charge in [0.1, 0.15) is 17.3 Å². The molecule has 0 fully saturated rings. The topological polar surface area (TPSA) is 44.5 Å². The van der Waals surface area contributed by atoms with Crippen molar-refractivity contribution < 1.29 is 13.9 Å². The lowest BCUT2D eigenvalue weighted by molar-refractivity contribution is 0.304. The molecule has 0 saturated carbocycles. The number of benzene rings is 2. The van der Waals surface area contributed by atoms with Crippen LogP contribution in [0.4, 0.5) is 4.39 Å². The van der Waals surface area contributed by atoms with E-state index >= 15 is 0 Å². The summed E-state index contributed by atoms with van der Waals surface area (Å²) in [5.41, 5.74) is 7.00. The molecule has 5 heteroatoms. The second-order valence-electron chi connectivity index (χ2n) is 4.15. The summed E-state index contributed by atoms with van der Waals surface area (Å²) in [6, 6.07) is 11.9. The molecule has 2 N–H and O–H groups in total. The normalized spacial score (nSPS) is 10.1. The average Bonchev–Trinajstić information content (AvgIpc) is 2.45. The molecule has 0 unspecified atom stereocenters. The van der Waals surface area contributed by atoms with Crippen molar-refractivity contribution in [2.45, 2.75) is 6.61 Å². The molecule has 0 aliphatic heterocycles. The third kappa shape index (κ3) is 3.45. The predicted molar refractivity (Wildman–Crippen MR) is 79.6 cm³/mol. The van der Waals surface area contributed by atoms with Gasteiger partial charge in [0.15, 0.2) is 11.6 Å². The van der Waals surface area contributed by atoms with Crippen LogP contribution in [-0.2, 0) is 6.61 Å². The van der Waals surface area contributed by atoms with Gasteiger partial charge in [-0.2, -0.15) is 0 Å². The predicted octanol–water partition coefficient (Wildman–Crippen LogP) is 3.05. The van der Waals surface area contributed by atoms with Gasteiger partial charge in [0.2, 0.25) is 0 Å². The van der Waals surface area contributed by atoms with Gasteiger partial charge in [0.25, 0.3) is 0 Å². The zero-order chi connectivity index (χ0) is 14.5. The number of methoxy groups -OCH3 is 1. The third-order valence-corrected chi connectivity index (χ3v) is 2.98. The summed E-state index contributed by atoms with van der Waals surface area (Å²) in [6.45, 7) is 0.252. The molecule has 2 aromatic rings. The summed E-state index contributed by atoms with van der Waals surface area (Å²) in [5, 5.41) is 0. The van der Waals surface area contributed by atoms with Gasteiger partial charge in [-0.05, 0) is 29.8 Å². The van der Waals surface area contributed by atoms with E-state index in [2.05, 4.69) is 0 Å². The van der Waals surface area contributed by atoms with E-state index in [-0.39, 0.29) is 12.4 Å². The van der Waals surface area contributed by atoms with Crippen molar-refractivity contribution in [3.05, 3.63) is 59.4 Å². The highest BCUT2D eigenvalue weighted by molar-refractivity contribution is 7.80. The zero-order valence-corrected chi connectivity index (χ0v) is 11.7. The summed E-state index contributed by atoms with van der Waals surface area (Å²) in [7, 11) is 1.43. The molecular weight excluding hydrogens is 277 g/mol. The van der Waals surface area contributed by atoms with Gasteiger partial charge >= 0.3 is 0 Å². The Hall–Kier alpha value is -2.14. The maximum Gasteiger partial charge on any atom is 0.165 e. The number of rotatable bonds is 5. The molecule has 0 heterocycles. The fourth-order valence-corrected chi connectivity index (χ4v) is 1.83. The van der Waals surface area contributed by atoms with E-state index < -0.39 is 5.82 Å². The van der Waals surface area contributed by atoms with Gasteiger partial charge in [-0.1, -0.05) is 30.4 Å². The molecule has 0 aromatic heterocycles. The van der Waals surface area contributed by atoms with Crippen molar-refractivity contribution in [2.24, 2.45) is 5.73 Å². The lowest BCUT2D eigenvalue weighted by Gasteiger charge is -2.09. The number of halogens is 1. The number of nitrogens with two attached hydrogens (primary N) is 1. The molecule has 104 valence electrons. The number of hydrogen-bond acceptors (Lipinski definition) is 3. The van der Waals surface area contributed by atoms with Crippen LogP contribution >= 0.6 is 12.2 Å². The van der Waals surface area contributed by atoms with Gasteiger partial charge in [0.05, 0.1) is 7.11 Å². The lowest BCUT2D eigenvalue weighted by Crippen LogP contribution is -2.09. The molecule has 0 radical (unpaired) electrons. The zero-order valence-electron chi connectivity index (χ0n) is 10.9. The monoisotopic (exact) mass is 291 g/mol.